The molecule has 3 aromatic rings. The van der Waals surface area contributed by atoms with Crippen molar-refractivity contribution < 1.29 is 21.8 Å². The number of halogens is 2. The minimum atomic E-state index is -1.32. The average Bonchev–Trinajstić information content (AvgIpc) is 2.94. The van der Waals surface area contributed by atoms with Gasteiger partial charge < -0.3 is 0 Å². The Morgan fingerprint density at radius 2 is 1.67 bits per heavy atom. The fraction of sp³-hybridized carbons (Fsp3) is 0.176. The molecule has 0 bridgehead atoms. The molecule has 109 valence electrons. The molecule has 0 saturated carbocycles. The van der Waals surface area contributed by atoms with Crippen molar-refractivity contribution in [2.45, 2.75) is 15.7 Å². The number of para-hydroxylation sites is 1. The average molecular weight is 398 g/mol. The van der Waals surface area contributed by atoms with Crippen LogP contribution in [0.4, 0.5) is 0 Å². The second-order valence-corrected chi connectivity index (χ2v) is 11.8. The van der Waals surface area contributed by atoms with E-state index in [-0.39, 0.29) is 24.8 Å². The zero-order valence-electron chi connectivity index (χ0n) is 12.1. The molecule has 0 amide bonds. The van der Waals surface area contributed by atoms with Gasteiger partial charge in [0.05, 0.1) is 0 Å². The van der Waals surface area contributed by atoms with Crippen molar-refractivity contribution in [3.8, 4) is 11.3 Å². The number of hydrogen-bond donors (Lipinski definition) is 1. The summed E-state index contributed by atoms with van der Waals surface area (Å²) in [5.74, 6) is 0. The summed E-state index contributed by atoms with van der Waals surface area (Å²) >= 11 is -1.32. The number of aromatic nitrogens is 1. The second kappa shape index (κ2) is 6.28. The van der Waals surface area contributed by atoms with Crippen LogP contribution in [-0.4, -0.2) is 4.98 Å². The predicted octanol–water partition coefficient (Wildman–Crippen LogP) is 4.92. The molecule has 21 heavy (non-hydrogen) atoms. The Morgan fingerprint density at radius 3 is 2.43 bits per heavy atom. The normalized spacial score (nSPS) is 11.3. The first-order valence-corrected chi connectivity index (χ1v) is 12.9. The summed E-state index contributed by atoms with van der Waals surface area (Å²) in [6.45, 7) is 0. The molecule has 4 rings (SSSR count). The van der Waals surface area contributed by atoms with Crippen LogP contribution in [-0.2, 0) is 28.2 Å². The molecule has 1 heterocycles. The fourth-order valence-electron chi connectivity index (χ4n) is 3.27. The Balaban J connectivity index is 0.000000807. The summed E-state index contributed by atoms with van der Waals surface area (Å²) in [5, 5.41) is 1.40. The van der Waals surface area contributed by atoms with Crippen molar-refractivity contribution in [3.63, 3.8) is 0 Å². The van der Waals surface area contributed by atoms with E-state index in [0.717, 1.165) is 6.42 Å². The SMILES string of the molecule is Cl.Cl.[CH3][Zr]([CH3])[c]1cccc2c1Cc1c-2[nH]c2ccccc12. The van der Waals surface area contributed by atoms with Gasteiger partial charge in [-0.05, 0) is 0 Å². The van der Waals surface area contributed by atoms with Gasteiger partial charge in [-0.15, -0.1) is 24.8 Å². The third-order valence-corrected chi connectivity index (χ3v) is 7.95. The van der Waals surface area contributed by atoms with Crippen LogP contribution in [0.1, 0.15) is 11.1 Å². The van der Waals surface area contributed by atoms with Gasteiger partial charge in [0.1, 0.15) is 0 Å². The summed E-state index contributed by atoms with van der Waals surface area (Å²) < 4.78 is 6.64. The fourth-order valence-corrected chi connectivity index (χ4v) is 6.36. The van der Waals surface area contributed by atoms with Crippen molar-refractivity contribution >= 4 is 39.0 Å². The molecule has 1 nitrogen and oxygen atoms in total. The molecule has 1 aromatic heterocycles. The van der Waals surface area contributed by atoms with Crippen LogP contribution in [0.2, 0.25) is 9.26 Å². The molecule has 0 fully saturated rings. The zero-order valence-corrected chi connectivity index (χ0v) is 16.2. The van der Waals surface area contributed by atoms with Crippen LogP contribution in [0.15, 0.2) is 42.5 Å². The Hall–Kier alpha value is -0.557. The Bertz CT molecular complexity index is 793. The maximum atomic E-state index is 3.62. The monoisotopic (exact) mass is 396 g/mol. The Morgan fingerprint density at radius 1 is 0.905 bits per heavy atom. The molecular formula is C17H18Cl2NZr. The van der Waals surface area contributed by atoms with Crippen LogP contribution in [0.3, 0.4) is 0 Å². The van der Waals surface area contributed by atoms with E-state index in [1.165, 1.54) is 27.7 Å². The predicted molar refractivity (Wildman–Crippen MR) is 92.4 cm³/mol. The molecule has 2 aromatic carbocycles. The molecular weight excluding hydrogens is 380 g/mol. The van der Waals surface area contributed by atoms with Crippen LogP contribution in [0.25, 0.3) is 22.2 Å². The van der Waals surface area contributed by atoms with Gasteiger partial charge in [-0.3, -0.25) is 0 Å². The molecule has 0 atom stereocenters. The van der Waals surface area contributed by atoms with Crippen molar-refractivity contribution in [2.24, 2.45) is 0 Å². The molecule has 0 radical (unpaired) electrons. The van der Waals surface area contributed by atoms with E-state index in [1.54, 1.807) is 8.83 Å². The minimum absolute atomic E-state index is 0. The molecule has 1 N–H and O–H groups in total. The third-order valence-electron chi connectivity index (χ3n) is 4.15. The Kier molecular flexibility index (Phi) is 5.03. The molecule has 0 unspecified atom stereocenters. The van der Waals surface area contributed by atoms with Gasteiger partial charge in [-0.2, -0.15) is 0 Å². The number of nitrogens with one attached hydrogen (secondary N) is 1. The first-order valence-electron chi connectivity index (χ1n) is 6.78. The molecule has 0 spiro atoms. The van der Waals surface area contributed by atoms with Crippen molar-refractivity contribution in [3.05, 3.63) is 53.6 Å². The van der Waals surface area contributed by atoms with Crippen molar-refractivity contribution in [1.82, 2.24) is 4.98 Å². The van der Waals surface area contributed by atoms with Gasteiger partial charge in [-0.1, -0.05) is 0 Å². The number of fused-ring (bicyclic) bond motifs is 5. The number of H-pyrrole nitrogens is 1. The van der Waals surface area contributed by atoms with E-state index in [2.05, 4.69) is 56.7 Å². The number of aromatic amines is 1. The standard InChI is InChI=1S/C15H10N.2CH3.2ClH.Zr/c1-2-6-11-10(5-1)9-13-12-7-3-4-8-14(12)16-15(11)13;;;;;/h1-4,6-8,16H,9H2;2*1H3;2*1H;. The second-order valence-electron chi connectivity index (χ2n) is 5.53. The molecule has 1 aliphatic carbocycles. The third kappa shape index (κ3) is 2.52. The topological polar surface area (TPSA) is 15.8 Å². The van der Waals surface area contributed by atoms with Crippen molar-refractivity contribution in [2.75, 3.05) is 0 Å². The molecule has 1 aliphatic rings. The van der Waals surface area contributed by atoms with E-state index in [9.17, 15) is 0 Å². The quantitative estimate of drug-likeness (QED) is 0.468. The first kappa shape index (κ1) is 16.8. The summed E-state index contributed by atoms with van der Waals surface area (Å²) in [6, 6.07) is 15.6. The number of hydrogen-bond acceptors (Lipinski definition) is 0. The van der Waals surface area contributed by atoms with Crippen LogP contribution < -0.4 is 3.27 Å². The maximum absolute atomic E-state index is 3.62. The van der Waals surface area contributed by atoms with Gasteiger partial charge in [0, 0.05) is 0 Å². The number of benzene rings is 2. The zero-order chi connectivity index (χ0) is 13.0. The van der Waals surface area contributed by atoms with Crippen molar-refractivity contribution in [1.29, 1.82) is 0 Å². The molecule has 4 heteroatoms. The number of rotatable bonds is 1. The van der Waals surface area contributed by atoms with Gasteiger partial charge >= 0.3 is 121 Å². The summed E-state index contributed by atoms with van der Waals surface area (Å²) in [6.07, 6.45) is 1.12. The van der Waals surface area contributed by atoms with E-state index in [0.29, 0.717) is 0 Å². The van der Waals surface area contributed by atoms with Gasteiger partial charge in [0.2, 0.25) is 0 Å². The van der Waals surface area contributed by atoms with Gasteiger partial charge in [-0.25, -0.2) is 0 Å². The summed E-state index contributed by atoms with van der Waals surface area (Å²) in [4.78, 5) is 3.62. The Labute approximate surface area is 145 Å². The van der Waals surface area contributed by atoms with E-state index in [1.807, 2.05) is 0 Å². The molecule has 0 aliphatic heterocycles. The van der Waals surface area contributed by atoms with Gasteiger partial charge in [0.15, 0.2) is 0 Å². The first-order chi connectivity index (χ1) is 9.25. The van der Waals surface area contributed by atoms with Gasteiger partial charge in [0.25, 0.3) is 0 Å². The van der Waals surface area contributed by atoms with E-state index >= 15 is 0 Å². The molecule has 0 saturated heterocycles. The van der Waals surface area contributed by atoms with Crippen LogP contribution in [0.5, 0.6) is 0 Å². The van der Waals surface area contributed by atoms with Crippen LogP contribution >= 0.6 is 24.8 Å². The summed E-state index contributed by atoms with van der Waals surface area (Å²) in [7, 11) is 0. The van der Waals surface area contributed by atoms with E-state index < -0.39 is 21.8 Å². The van der Waals surface area contributed by atoms with E-state index in [4.69, 9.17) is 0 Å². The van der Waals surface area contributed by atoms with Crippen LogP contribution in [0, 0.1) is 0 Å². The summed E-state index contributed by atoms with van der Waals surface area (Å²) in [5.41, 5.74) is 7.19.